The number of aromatic nitrogens is 2. The molecule has 14 heteroatoms. The fraction of sp³-hybridized carbons (Fsp3) is 0.394. The van der Waals surface area contributed by atoms with Gasteiger partial charge in [0.2, 0.25) is 0 Å². The molecule has 3 aromatic carbocycles. The largest absolute Gasteiger partial charge is 0.400 e. The molecule has 3 atom stereocenters. The first-order valence-electron chi connectivity index (χ1n) is 15.3. The molecule has 1 saturated heterocycles. The van der Waals surface area contributed by atoms with Gasteiger partial charge in [0.05, 0.1) is 62.1 Å². The molecule has 0 radical (unpaired) electrons. The van der Waals surface area contributed by atoms with Crippen LogP contribution in [0.3, 0.4) is 0 Å². The van der Waals surface area contributed by atoms with E-state index in [1.165, 1.54) is 17.0 Å². The lowest BCUT2D eigenvalue weighted by Crippen LogP contribution is -2.38. The van der Waals surface area contributed by atoms with Crippen molar-refractivity contribution in [3.8, 4) is 0 Å². The van der Waals surface area contributed by atoms with Gasteiger partial charge >= 0.3 is 0 Å². The van der Waals surface area contributed by atoms with Gasteiger partial charge in [0.1, 0.15) is 17.9 Å². The lowest BCUT2D eigenvalue weighted by atomic mass is 9.96. The minimum Gasteiger partial charge on any atom is -0.400 e. The fourth-order valence-corrected chi connectivity index (χ4v) is 7.63. The normalized spacial score (nSPS) is 19.9. The van der Waals surface area contributed by atoms with Gasteiger partial charge in [0.25, 0.3) is 11.8 Å². The van der Waals surface area contributed by atoms with Crippen LogP contribution in [-0.2, 0) is 4.74 Å². The Balaban J connectivity index is 0.00000190. The van der Waals surface area contributed by atoms with E-state index in [9.17, 15) is 24.2 Å². The molecule has 7 rings (SSSR count). The molecule has 10 nitrogen and oxygen atoms in total. The molecule has 2 amide bonds. The topological polar surface area (TPSA) is 131 Å². The summed E-state index contributed by atoms with van der Waals surface area (Å²) in [5.41, 5.74) is 1.46. The lowest BCUT2D eigenvalue weighted by molar-refractivity contribution is -0.138. The Morgan fingerprint density at radius 1 is 0.915 bits per heavy atom. The maximum absolute atomic E-state index is 15.1. The van der Waals surface area contributed by atoms with Crippen molar-refractivity contribution in [2.45, 2.75) is 45.1 Å². The number of carbonyl (C=O) groups is 2. The van der Waals surface area contributed by atoms with Crippen LogP contribution in [0.5, 0.6) is 0 Å². The molecule has 47 heavy (non-hydrogen) atoms. The highest BCUT2D eigenvalue weighted by Crippen LogP contribution is 2.49. The van der Waals surface area contributed by atoms with Gasteiger partial charge in [-0.05, 0) is 37.4 Å². The van der Waals surface area contributed by atoms with Crippen LogP contribution in [0, 0.1) is 11.6 Å². The summed E-state index contributed by atoms with van der Waals surface area (Å²) < 4.78 is 37.9. The number of nitrogens with zero attached hydrogens (tertiary/aromatic N) is 3. The molecule has 2 aromatic heterocycles. The van der Waals surface area contributed by atoms with E-state index in [2.05, 4.69) is 9.88 Å². The molecule has 0 aliphatic carbocycles. The van der Waals surface area contributed by atoms with E-state index in [0.29, 0.717) is 34.0 Å². The Kier molecular flexibility index (Phi) is 9.22. The number of halogens is 4. The second-order valence-corrected chi connectivity index (χ2v) is 12.4. The van der Waals surface area contributed by atoms with E-state index in [1.807, 2.05) is 13.8 Å². The molecular formula is C33H34Cl2F2N4O6. The minimum atomic E-state index is -0.903. The second-order valence-electron chi connectivity index (χ2n) is 11.6. The van der Waals surface area contributed by atoms with Gasteiger partial charge in [-0.2, -0.15) is 0 Å². The van der Waals surface area contributed by atoms with Crippen molar-refractivity contribution in [2.24, 2.45) is 0 Å². The van der Waals surface area contributed by atoms with Crippen molar-refractivity contribution in [3.05, 3.63) is 57.1 Å². The smallest absolute Gasteiger partial charge is 0.262 e. The zero-order valence-electron chi connectivity index (χ0n) is 25.9. The van der Waals surface area contributed by atoms with E-state index in [4.69, 9.17) is 33.0 Å². The van der Waals surface area contributed by atoms with Crippen molar-refractivity contribution in [2.75, 3.05) is 39.9 Å². The first-order chi connectivity index (χ1) is 22.6. The lowest BCUT2D eigenvalue weighted by Gasteiger charge is -2.34. The van der Waals surface area contributed by atoms with Crippen LogP contribution >= 0.6 is 23.2 Å². The monoisotopic (exact) mass is 690 g/mol. The van der Waals surface area contributed by atoms with Crippen LogP contribution in [0.25, 0.3) is 43.6 Å². The summed E-state index contributed by atoms with van der Waals surface area (Å²) in [6.45, 7) is 5.62. The second kappa shape index (κ2) is 12.9. The molecule has 5 aromatic rings. The molecule has 1 unspecified atom stereocenters. The summed E-state index contributed by atoms with van der Waals surface area (Å²) in [5.74, 6) is -2.41. The standard InChI is InChI=1S/C32H30Cl2F2N4O5.CH4O/c1-3-38(4-2)5-6-39-31(43)25-23-18-7-14(35)9-20(33)27(18)37-28(23)30-24(26(25)32(39)44)19-8-15(36)10-21(34)29(19)40(30)22-12-16(42)11-17(13-41)45-22;1-2/h7-10,16-17,22,37,41-42H,3-6,11-13H2,1-2H3;2H,1H3/t16-,17-,22?;/m0./s1. The molecular weight excluding hydrogens is 657 g/mol. The van der Waals surface area contributed by atoms with Crippen molar-refractivity contribution in [1.29, 1.82) is 0 Å². The first-order valence-corrected chi connectivity index (χ1v) is 16.1. The number of H-pyrrole nitrogens is 1. The average Bonchev–Trinajstić information content (AvgIpc) is 3.66. The van der Waals surface area contributed by atoms with E-state index in [0.717, 1.165) is 32.3 Å². The molecule has 0 bridgehead atoms. The predicted molar refractivity (Wildman–Crippen MR) is 176 cm³/mol. The van der Waals surface area contributed by atoms with Crippen LogP contribution in [0.1, 0.15) is 53.6 Å². The Bertz CT molecular complexity index is 2060. The molecule has 0 saturated carbocycles. The van der Waals surface area contributed by atoms with Crippen molar-refractivity contribution in [3.63, 3.8) is 0 Å². The van der Waals surface area contributed by atoms with E-state index in [1.54, 1.807) is 4.57 Å². The number of benzene rings is 3. The summed E-state index contributed by atoms with van der Waals surface area (Å²) in [5, 5.41) is 28.9. The van der Waals surface area contributed by atoms with Crippen molar-refractivity contribution >= 4 is 78.6 Å². The molecule has 0 spiro atoms. The summed E-state index contributed by atoms with van der Waals surface area (Å²) in [6, 6.07) is 4.79. The van der Waals surface area contributed by atoms with Gasteiger partial charge in [0, 0.05) is 54.6 Å². The number of amides is 2. The molecule has 4 N–H and O–H groups in total. The zero-order chi connectivity index (χ0) is 33.9. The van der Waals surface area contributed by atoms with Gasteiger partial charge in [0.15, 0.2) is 0 Å². The molecule has 1 fully saturated rings. The minimum absolute atomic E-state index is 0.0164. The van der Waals surface area contributed by atoms with Crippen LogP contribution in [0.15, 0.2) is 24.3 Å². The number of likely N-dealkylation sites (N-methyl/N-ethyl adjacent to an activating group) is 1. The van der Waals surface area contributed by atoms with Gasteiger partial charge < -0.3 is 34.5 Å². The third-order valence-corrected chi connectivity index (χ3v) is 9.72. The third-order valence-electron chi connectivity index (χ3n) is 9.13. The first kappa shape index (κ1) is 33.5. The highest BCUT2D eigenvalue weighted by Gasteiger charge is 2.43. The Labute approximate surface area is 278 Å². The third kappa shape index (κ3) is 5.27. The molecule has 2 aliphatic heterocycles. The number of aliphatic hydroxyl groups excluding tert-OH is 3. The van der Waals surface area contributed by atoms with Gasteiger partial charge in [-0.3, -0.25) is 14.5 Å². The number of aliphatic hydroxyl groups is 3. The average molecular weight is 692 g/mol. The van der Waals surface area contributed by atoms with E-state index >= 15 is 4.39 Å². The predicted octanol–water partition coefficient (Wildman–Crippen LogP) is 5.59. The summed E-state index contributed by atoms with van der Waals surface area (Å²) in [7, 11) is 1.00. The summed E-state index contributed by atoms with van der Waals surface area (Å²) in [4.78, 5) is 35.1. The highest BCUT2D eigenvalue weighted by molar-refractivity contribution is 6.43. The number of rotatable bonds is 7. The highest BCUT2D eigenvalue weighted by atomic mass is 35.5. The number of nitrogens with one attached hydrogen (secondary N) is 1. The Hall–Kier alpha value is -3.36. The zero-order valence-corrected chi connectivity index (χ0v) is 27.4. The number of carbonyl (C=O) groups excluding carboxylic acids is 2. The maximum Gasteiger partial charge on any atom is 0.262 e. The number of fused-ring (bicyclic) bond motifs is 10. The van der Waals surface area contributed by atoms with Crippen LogP contribution < -0.4 is 0 Å². The Morgan fingerprint density at radius 3 is 2.17 bits per heavy atom. The van der Waals surface area contributed by atoms with E-state index < -0.39 is 41.9 Å². The van der Waals surface area contributed by atoms with Crippen LogP contribution in [0.4, 0.5) is 8.78 Å². The molecule has 250 valence electrons. The number of ether oxygens (including phenoxy) is 1. The number of hydrogen-bond donors (Lipinski definition) is 4. The van der Waals surface area contributed by atoms with Crippen molar-refractivity contribution in [1.82, 2.24) is 19.4 Å². The quantitative estimate of drug-likeness (QED) is 0.164. The maximum atomic E-state index is 15.1. The number of aromatic amines is 1. The van der Waals surface area contributed by atoms with Gasteiger partial charge in [-0.1, -0.05) is 37.0 Å². The van der Waals surface area contributed by atoms with Gasteiger partial charge in [-0.25, -0.2) is 8.78 Å². The van der Waals surface area contributed by atoms with Crippen LogP contribution in [0.2, 0.25) is 10.0 Å². The molecule has 2 aliphatic rings. The van der Waals surface area contributed by atoms with Crippen LogP contribution in [-0.4, -0.2) is 98.6 Å². The van der Waals surface area contributed by atoms with Gasteiger partial charge in [-0.15, -0.1) is 0 Å². The SMILES string of the molecule is CCN(CC)CCN1C(=O)c2c(c3c4cc(F)cc(Cl)c4n(C4C[C@@H](O)C[C@@H](CO)O4)c3c3[nH]c4c(Cl)cc(F)cc4c23)C1=O.CO. The number of imide groups is 1. The van der Waals surface area contributed by atoms with Crippen molar-refractivity contribution < 1.29 is 38.4 Å². The summed E-state index contributed by atoms with van der Waals surface area (Å²) >= 11 is 13.2. The number of hydrogen-bond acceptors (Lipinski definition) is 7. The van der Waals surface area contributed by atoms with E-state index in [-0.39, 0.29) is 63.3 Å². The summed E-state index contributed by atoms with van der Waals surface area (Å²) in [6.07, 6.45) is -2.16. The Morgan fingerprint density at radius 2 is 1.53 bits per heavy atom. The fourth-order valence-electron chi connectivity index (χ4n) is 7.08. The molecule has 4 heterocycles.